The SMILES string of the molecule is CCCNCc1ccc(Br)cc1Sc1nc(CC)ns1. The largest absolute Gasteiger partial charge is 0.313 e. The molecule has 0 spiro atoms. The van der Waals surface area contributed by atoms with E-state index < -0.39 is 0 Å². The van der Waals surface area contributed by atoms with Gasteiger partial charge in [0.15, 0.2) is 4.34 Å². The molecule has 0 saturated carbocycles. The molecule has 1 aromatic carbocycles. The van der Waals surface area contributed by atoms with Crippen molar-refractivity contribution >= 4 is 39.2 Å². The molecule has 1 N–H and O–H groups in total. The van der Waals surface area contributed by atoms with Crippen LogP contribution in [0.2, 0.25) is 0 Å². The van der Waals surface area contributed by atoms with E-state index in [2.05, 4.69) is 62.7 Å². The third kappa shape index (κ3) is 4.55. The molecule has 0 fully saturated rings. The van der Waals surface area contributed by atoms with Gasteiger partial charge in [0, 0.05) is 22.3 Å². The molecule has 0 aliphatic rings. The minimum atomic E-state index is 0.889. The van der Waals surface area contributed by atoms with E-state index in [4.69, 9.17) is 0 Å². The Morgan fingerprint density at radius 2 is 2.20 bits per heavy atom. The number of hydrogen-bond donors (Lipinski definition) is 1. The number of aromatic nitrogens is 2. The zero-order chi connectivity index (χ0) is 14.4. The van der Waals surface area contributed by atoms with Crippen molar-refractivity contribution in [1.29, 1.82) is 0 Å². The first-order valence-electron chi connectivity index (χ1n) is 6.72. The molecule has 0 aliphatic carbocycles. The quantitative estimate of drug-likeness (QED) is 0.726. The summed E-state index contributed by atoms with van der Waals surface area (Å²) in [4.78, 5) is 5.76. The molecule has 1 heterocycles. The topological polar surface area (TPSA) is 37.8 Å². The van der Waals surface area contributed by atoms with Gasteiger partial charge in [-0.25, -0.2) is 4.98 Å². The third-order valence-corrected chi connectivity index (χ3v) is 5.12. The van der Waals surface area contributed by atoms with Gasteiger partial charge < -0.3 is 5.32 Å². The van der Waals surface area contributed by atoms with Gasteiger partial charge in [0.05, 0.1) is 0 Å². The standard InChI is InChI=1S/C14H18BrN3S2/c1-3-7-16-9-10-5-6-11(15)8-12(10)19-14-17-13(4-2)18-20-14/h5-6,8,16H,3-4,7,9H2,1-2H3. The first-order valence-corrected chi connectivity index (χ1v) is 9.10. The molecule has 6 heteroatoms. The second-order valence-electron chi connectivity index (χ2n) is 4.36. The van der Waals surface area contributed by atoms with Gasteiger partial charge in [-0.1, -0.05) is 47.6 Å². The van der Waals surface area contributed by atoms with E-state index >= 15 is 0 Å². The molecule has 2 rings (SSSR count). The van der Waals surface area contributed by atoms with Crippen LogP contribution in [0.5, 0.6) is 0 Å². The molecule has 0 amide bonds. The second-order valence-corrected chi connectivity index (χ2v) is 7.32. The normalized spacial score (nSPS) is 10.9. The maximum absolute atomic E-state index is 4.53. The molecule has 3 nitrogen and oxygen atoms in total. The molecule has 0 aliphatic heterocycles. The highest BCUT2D eigenvalue weighted by Gasteiger charge is 2.09. The van der Waals surface area contributed by atoms with Crippen LogP contribution in [0.3, 0.4) is 0 Å². The Morgan fingerprint density at radius 1 is 1.35 bits per heavy atom. The van der Waals surface area contributed by atoms with E-state index in [1.165, 1.54) is 22.0 Å². The van der Waals surface area contributed by atoms with Crippen molar-refractivity contribution < 1.29 is 0 Å². The highest BCUT2D eigenvalue weighted by molar-refractivity contribution is 9.10. The molecule has 0 unspecified atom stereocenters. The molecule has 2 aromatic rings. The highest BCUT2D eigenvalue weighted by atomic mass is 79.9. The van der Waals surface area contributed by atoms with E-state index in [1.807, 2.05) is 0 Å². The van der Waals surface area contributed by atoms with Crippen LogP contribution in [-0.4, -0.2) is 15.9 Å². The van der Waals surface area contributed by atoms with Gasteiger partial charge in [0.2, 0.25) is 0 Å². The Labute approximate surface area is 136 Å². The van der Waals surface area contributed by atoms with Gasteiger partial charge in [-0.15, -0.1) is 0 Å². The van der Waals surface area contributed by atoms with Crippen LogP contribution in [0.25, 0.3) is 0 Å². The maximum Gasteiger partial charge on any atom is 0.174 e. The Hall–Kier alpha value is -0.430. The summed E-state index contributed by atoms with van der Waals surface area (Å²) in [7, 11) is 0. The van der Waals surface area contributed by atoms with E-state index in [0.717, 1.165) is 40.6 Å². The lowest BCUT2D eigenvalue weighted by Crippen LogP contribution is -2.14. The fraction of sp³-hybridized carbons (Fsp3) is 0.429. The number of nitrogens with zero attached hydrogens (tertiary/aromatic N) is 2. The van der Waals surface area contributed by atoms with Gasteiger partial charge in [-0.3, -0.25) is 0 Å². The van der Waals surface area contributed by atoms with Crippen LogP contribution < -0.4 is 5.32 Å². The summed E-state index contributed by atoms with van der Waals surface area (Å²) in [6, 6.07) is 6.40. The van der Waals surface area contributed by atoms with Crippen LogP contribution in [-0.2, 0) is 13.0 Å². The van der Waals surface area contributed by atoms with Crippen LogP contribution in [0.4, 0.5) is 0 Å². The number of rotatable bonds is 7. The van der Waals surface area contributed by atoms with Crippen molar-refractivity contribution in [2.45, 2.75) is 42.5 Å². The molecule has 0 radical (unpaired) electrons. The Morgan fingerprint density at radius 3 is 2.90 bits per heavy atom. The molecular formula is C14H18BrN3S2. The summed E-state index contributed by atoms with van der Waals surface area (Å²) in [5.41, 5.74) is 1.31. The van der Waals surface area contributed by atoms with Gasteiger partial charge in [-0.05, 0) is 42.2 Å². The predicted octanol–water partition coefficient (Wildman–Crippen LogP) is 4.51. The van der Waals surface area contributed by atoms with Crippen molar-refractivity contribution in [3.05, 3.63) is 34.1 Å². The molecular weight excluding hydrogens is 354 g/mol. The Bertz CT molecular complexity index is 557. The second kappa shape index (κ2) is 8.12. The first kappa shape index (κ1) is 15.9. The number of nitrogens with one attached hydrogen (secondary N) is 1. The average molecular weight is 372 g/mol. The van der Waals surface area contributed by atoms with Crippen molar-refractivity contribution in [2.24, 2.45) is 0 Å². The predicted molar refractivity (Wildman–Crippen MR) is 89.5 cm³/mol. The van der Waals surface area contributed by atoms with Crippen molar-refractivity contribution in [3.63, 3.8) is 0 Å². The number of aryl methyl sites for hydroxylation is 1. The first-order chi connectivity index (χ1) is 9.72. The van der Waals surface area contributed by atoms with E-state index in [1.54, 1.807) is 11.8 Å². The Kier molecular flexibility index (Phi) is 6.48. The Balaban J connectivity index is 2.13. The molecule has 0 saturated heterocycles. The molecule has 20 heavy (non-hydrogen) atoms. The third-order valence-electron chi connectivity index (χ3n) is 2.73. The summed E-state index contributed by atoms with van der Waals surface area (Å²) >= 11 is 6.72. The minimum Gasteiger partial charge on any atom is -0.313 e. The van der Waals surface area contributed by atoms with Gasteiger partial charge in [0.1, 0.15) is 5.82 Å². The van der Waals surface area contributed by atoms with Gasteiger partial charge in [0.25, 0.3) is 0 Å². The zero-order valence-corrected chi connectivity index (χ0v) is 14.9. The van der Waals surface area contributed by atoms with Crippen LogP contribution in [0.1, 0.15) is 31.7 Å². The lowest BCUT2D eigenvalue weighted by atomic mass is 10.2. The molecule has 108 valence electrons. The molecule has 1 aromatic heterocycles. The van der Waals surface area contributed by atoms with E-state index in [-0.39, 0.29) is 0 Å². The summed E-state index contributed by atoms with van der Waals surface area (Å²) < 4.78 is 6.45. The van der Waals surface area contributed by atoms with E-state index in [9.17, 15) is 0 Å². The summed E-state index contributed by atoms with van der Waals surface area (Å²) in [6.07, 6.45) is 2.04. The molecule has 0 atom stereocenters. The van der Waals surface area contributed by atoms with Crippen LogP contribution in [0, 0.1) is 0 Å². The monoisotopic (exact) mass is 371 g/mol. The zero-order valence-electron chi connectivity index (χ0n) is 11.6. The maximum atomic E-state index is 4.53. The summed E-state index contributed by atoms with van der Waals surface area (Å²) in [5.74, 6) is 0.929. The average Bonchev–Trinajstić information content (AvgIpc) is 2.89. The van der Waals surface area contributed by atoms with Crippen molar-refractivity contribution in [1.82, 2.24) is 14.7 Å². The number of benzene rings is 1. The number of halogens is 1. The van der Waals surface area contributed by atoms with Gasteiger partial charge in [-0.2, -0.15) is 4.37 Å². The van der Waals surface area contributed by atoms with Crippen molar-refractivity contribution in [3.8, 4) is 0 Å². The minimum absolute atomic E-state index is 0.889. The summed E-state index contributed by atoms with van der Waals surface area (Å²) in [6.45, 7) is 6.19. The lowest BCUT2D eigenvalue weighted by molar-refractivity contribution is 0.669. The smallest absolute Gasteiger partial charge is 0.174 e. The summed E-state index contributed by atoms with van der Waals surface area (Å²) in [5, 5.41) is 3.45. The fourth-order valence-corrected chi connectivity index (χ4v) is 4.03. The van der Waals surface area contributed by atoms with Crippen LogP contribution in [0.15, 0.2) is 31.9 Å². The van der Waals surface area contributed by atoms with Gasteiger partial charge >= 0.3 is 0 Å². The molecule has 0 bridgehead atoms. The lowest BCUT2D eigenvalue weighted by Gasteiger charge is -2.09. The van der Waals surface area contributed by atoms with Crippen LogP contribution >= 0.6 is 39.2 Å². The number of hydrogen-bond acceptors (Lipinski definition) is 5. The van der Waals surface area contributed by atoms with Crippen molar-refractivity contribution in [2.75, 3.05) is 6.54 Å². The highest BCUT2D eigenvalue weighted by Crippen LogP contribution is 2.33. The fourth-order valence-electron chi connectivity index (χ4n) is 1.69. The van der Waals surface area contributed by atoms with E-state index in [0.29, 0.717) is 0 Å².